The fourth-order valence-electron chi connectivity index (χ4n) is 2.30. The van der Waals surface area contributed by atoms with E-state index in [1.807, 2.05) is 13.8 Å². The monoisotopic (exact) mass is 230 g/mol. The molecule has 1 aliphatic rings. The van der Waals surface area contributed by atoms with E-state index < -0.39 is 5.60 Å². The molecule has 88 valence electrons. The zero-order chi connectivity index (χ0) is 11.6. The molecule has 3 heteroatoms. The molecule has 1 fully saturated rings. The molecule has 15 heavy (non-hydrogen) atoms. The normalized spacial score (nSPS) is 32.7. The van der Waals surface area contributed by atoms with Gasteiger partial charge in [0.2, 0.25) is 0 Å². The Morgan fingerprint density at radius 2 is 2.00 bits per heavy atom. The molecule has 2 unspecified atom stereocenters. The van der Waals surface area contributed by atoms with Gasteiger partial charge >= 0.3 is 0 Å². The summed E-state index contributed by atoms with van der Waals surface area (Å²) in [6, 6.07) is 0. The molecule has 0 aromatic heterocycles. The lowest BCUT2D eigenvalue weighted by molar-refractivity contribution is -0.109. The number of thioether (sulfide) groups is 1. The number of aliphatic hydroxyl groups is 1. The predicted octanol–water partition coefficient (Wildman–Crippen LogP) is 2.84. The van der Waals surface area contributed by atoms with Crippen LogP contribution in [0.3, 0.4) is 0 Å². The quantitative estimate of drug-likeness (QED) is 0.792. The highest BCUT2D eigenvalue weighted by Crippen LogP contribution is 2.40. The third kappa shape index (κ3) is 3.80. The Bertz CT molecular complexity index is 232. The number of rotatable bonds is 2. The zero-order valence-electron chi connectivity index (χ0n) is 10.1. The van der Waals surface area contributed by atoms with Crippen LogP contribution in [0, 0.1) is 11.8 Å². The van der Waals surface area contributed by atoms with E-state index in [9.17, 15) is 9.90 Å². The smallest absolute Gasteiger partial charge is 0.186 e. The lowest BCUT2D eigenvalue weighted by Gasteiger charge is -2.39. The molecule has 0 aromatic rings. The molecule has 1 aliphatic carbocycles. The van der Waals surface area contributed by atoms with Crippen molar-refractivity contribution in [2.45, 2.75) is 57.8 Å². The van der Waals surface area contributed by atoms with Crippen LogP contribution >= 0.6 is 11.8 Å². The standard InChI is InChI=1S/C12H22O2S/c1-8-5-6-10(12(3,4)14)7-11(8)15-9(2)13/h8,10-11,14H,5-7H2,1-4H3/t8?,10?,11-/m1/s1. The molecule has 1 saturated carbocycles. The van der Waals surface area contributed by atoms with Crippen molar-refractivity contribution in [2.24, 2.45) is 11.8 Å². The van der Waals surface area contributed by atoms with Crippen molar-refractivity contribution in [1.29, 1.82) is 0 Å². The molecule has 0 bridgehead atoms. The van der Waals surface area contributed by atoms with Crippen LogP contribution in [0.2, 0.25) is 0 Å². The molecule has 1 rings (SSSR count). The molecule has 2 nitrogen and oxygen atoms in total. The van der Waals surface area contributed by atoms with Crippen molar-refractivity contribution in [3.05, 3.63) is 0 Å². The first-order chi connectivity index (χ1) is 6.80. The van der Waals surface area contributed by atoms with Gasteiger partial charge in [-0.1, -0.05) is 18.7 Å². The van der Waals surface area contributed by atoms with Gasteiger partial charge in [-0.25, -0.2) is 0 Å². The second-order valence-corrected chi connectivity index (χ2v) is 6.70. The van der Waals surface area contributed by atoms with Crippen molar-refractivity contribution in [2.75, 3.05) is 0 Å². The van der Waals surface area contributed by atoms with Crippen molar-refractivity contribution >= 4 is 16.9 Å². The Morgan fingerprint density at radius 3 is 2.47 bits per heavy atom. The molecule has 0 heterocycles. The number of hydrogen-bond donors (Lipinski definition) is 1. The predicted molar refractivity (Wildman–Crippen MR) is 64.9 cm³/mol. The molecule has 0 radical (unpaired) electrons. The Morgan fingerprint density at radius 1 is 1.40 bits per heavy atom. The molecule has 0 aliphatic heterocycles. The Labute approximate surface area is 96.8 Å². The van der Waals surface area contributed by atoms with Gasteiger partial charge in [-0.05, 0) is 44.9 Å². The van der Waals surface area contributed by atoms with Crippen LogP contribution in [0.4, 0.5) is 0 Å². The maximum atomic E-state index is 11.1. The second-order valence-electron chi connectivity index (χ2n) is 5.29. The minimum absolute atomic E-state index is 0.197. The molecule has 0 spiro atoms. The van der Waals surface area contributed by atoms with Gasteiger partial charge in [-0.3, -0.25) is 4.79 Å². The van der Waals surface area contributed by atoms with Gasteiger partial charge in [0.1, 0.15) is 0 Å². The van der Waals surface area contributed by atoms with E-state index in [1.165, 1.54) is 11.8 Å². The van der Waals surface area contributed by atoms with Crippen LogP contribution in [-0.2, 0) is 4.79 Å². The first kappa shape index (κ1) is 13.0. The minimum Gasteiger partial charge on any atom is -0.390 e. The summed E-state index contributed by atoms with van der Waals surface area (Å²) >= 11 is 1.45. The summed E-state index contributed by atoms with van der Waals surface area (Å²) in [7, 11) is 0. The van der Waals surface area contributed by atoms with E-state index >= 15 is 0 Å². The van der Waals surface area contributed by atoms with Crippen molar-refractivity contribution in [1.82, 2.24) is 0 Å². The van der Waals surface area contributed by atoms with E-state index in [4.69, 9.17) is 0 Å². The lowest BCUT2D eigenvalue weighted by Crippen LogP contribution is -2.38. The Kier molecular flexibility index (Phi) is 4.24. The topological polar surface area (TPSA) is 37.3 Å². The van der Waals surface area contributed by atoms with Gasteiger partial charge in [-0.15, -0.1) is 0 Å². The highest BCUT2D eigenvalue weighted by molar-refractivity contribution is 8.14. The summed E-state index contributed by atoms with van der Waals surface area (Å²) in [5.41, 5.74) is -0.601. The van der Waals surface area contributed by atoms with E-state index in [2.05, 4.69) is 6.92 Å². The summed E-state index contributed by atoms with van der Waals surface area (Å²) in [5.74, 6) is 0.933. The fourth-order valence-corrected chi connectivity index (χ4v) is 3.42. The second kappa shape index (κ2) is 4.88. The highest BCUT2D eigenvalue weighted by Gasteiger charge is 2.36. The van der Waals surface area contributed by atoms with Crippen molar-refractivity contribution in [3.8, 4) is 0 Å². The third-order valence-corrected chi connectivity index (χ3v) is 4.73. The molecule has 0 aromatic carbocycles. The van der Waals surface area contributed by atoms with Crippen molar-refractivity contribution < 1.29 is 9.90 Å². The van der Waals surface area contributed by atoms with Crippen LogP contribution in [0.15, 0.2) is 0 Å². The first-order valence-electron chi connectivity index (χ1n) is 5.70. The molecule has 1 N–H and O–H groups in total. The number of hydrogen-bond acceptors (Lipinski definition) is 3. The maximum absolute atomic E-state index is 11.1. The van der Waals surface area contributed by atoms with Crippen molar-refractivity contribution in [3.63, 3.8) is 0 Å². The van der Waals surface area contributed by atoms with Gasteiger partial charge < -0.3 is 5.11 Å². The zero-order valence-corrected chi connectivity index (χ0v) is 10.9. The summed E-state index contributed by atoms with van der Waals surface area (Å²) in [4.78, 5) is 11.1. The average molecular weight is 230 g/mol. The molecular formula is C12H22O2S. The van der Waals surface area contributed by atoms with Gasteiger partial charge in [0.15, 0.2) is 5.12 Å². The summed E-state index contributed by atoms with van der Waals surface area (Å²) < 4.78 is 0. The van der Waals surface area contributed by atoms with E-state index in [1.54, 1.807) is 6.92 Å². The fraction of sp³-hybridized carbons (Fsp3) is 0.917. The minimum atomic E-state index is -0.601. The Hall–Kier alpha value is -0.0200. The molecule has 3 atom stereocenters. The third-order valence-electron chi connectivity index (χ3n) is 3.44. The van der Waals surface area contributed by atoms with Gasteiger partial charge in [-0.2, -0.15) is 0 Å². The van der Waals surface area contributed by atoms with E-state index in [0.29, 0.717) is 17.1 Å². The van der Waals surface area contributed by atoms with Crippen LogP contribution in [0.5, 0.6) is 0 Å². The van der Waals surface area contributed by atoms with Gasteiger partial charge in [0, 0.05) is 12.2 Å². The summed E-state index contributed by atoms with van der Waals surface area (Å²) in [6.07, 6.45) is 3.17. The first-order valence-corrected chi connectivity index (χ1v) is 6.58. The molecule has 0 saturated heterocycles. The average Bonchev–Trinajstić information content (AvgIpc) is 2.06. The van der Waals surface area contributed by atoms with Crippen LogP contribution in [0.25, 0.3) is 0 Å². The molecular weight excluding hydrogens is 208 g/mol. The largest absolute Gasteiger partial charge is 0.390 e. The van der Waals surface area contributed by atoms with Crippen LogP contribution < -0.4 is 0 Å². The van der Waals surface area contributed by atoms with Crippen LogP contribution in [0.1, 0.15) is 47.0 Å². The van der Waals surface area contributed by atoms with Gasteiger partial charge in [0.25, 0.3) is 0 Å². The highest BCUT2D eigenvalue weighted by atomic mass is 32.2. The summed E-state index contributed by atoms with van der Waals surface area (Å²) in [6.45, 7) is 7.60. The SMILES string of the molecule is CC(=O)S[C@@H]1CC(C(C)(C)O)CCC1C. The van der Waals surface area contributed by atoms with E-state index in [0.717, 1.165) is 19.3 Å². The van der Waals surface area contributed by atoms with Crippen LogP contribution in [-0.4, -0.2) is 21.1 Å². The number of carbonyl (C=O) groups is 1. The lowest BCUT2D eigenvalue weighted by atomic mass is 9.75. The van der Waals surface area contributed by atoms with E-state index in [-0.39, 0.29) is 5.12 Å². The number of carbonyl (C=O) groups excluding carboxylic acids is 1. The van der Waals surface area contributed by atoms with Gasteiger partial charge in [0.05, 0.1) is 5.60 Å². The maximum Gasteiger partial charge on any atom is 0.186 e. The summed E-state index contributed by atoms with van der Waals surface area (Å²) in [5, 5.41) is 10.6. The molecule has 0 amide bonds. The Balaban J connectivity index is 2.60.